The maximum Gasteiger partial charge on any atom is 0.230 e. The van der Waals surface area contributed by atoms with Crippen molar-refractivity contribution in [3.63, 3.8) is 0 Å². The van der Waals surface area contributed by atoms with Gasteiger partial charge in [0.15, 0.2) is 0 Å². The van der Waals surface area contributed by atoms with E-state index >= 15 is 0 Å². The molecule has 0 aromatic carbocycles. The van der Waals surface area contributed by atoms with Crippen LogP contribution in [0.25, 0.3) is 0 Å². The first-order valence-electron chi connectivity index (χ1n) is 4.04. The van der Waals surface area contributed by atoms with Crippen molar-refractivity contribution in [3.8, 4) is 6.07 Å². The molecule has 1 fully saturated rings. The zero-order valence-corrected chi connectivity index (χ0v) is 7.49. The third-order valence-electron chi connectivity index (χ3n) is 1.88. The van der Waals surface area contributed by atoms with E-state index in [-0.39, 0.29) is 25.0 Å². The molecule has 0 unspecified atom stereocenters. The largest absolute Gasteiger partial charge is 0.275 e. The third-order valence-corrected chi connectivity index (χ3v) is 1.88. The normalized spacial score (nSPS) is 16.8. The maximum atomic E-state index is 11.1. The quantitative estimate of drug-likeness (QED) is 0.437. The number of likely N-dealkylation sites (tertiary alicyclic amines) is 1. The van der Waals surface area contributed by atoms with Gasteiger partial charge in [-0.25, -0.2) is 0 Å². The molecule has 0 spiro atoms. The van der Waals surface area contributed by atoms with Crippen molar-refractivity contribution in [1.29, 1.82) is 5.26 Å². The summed E-state index contributed by atoms with van der Waals surface area (Å²) in [5.41, 5.74) is 0. The second-order valence-corrected chi connectivity index (χ2v) is 3.03. The predicted octanol–water partition coefficient (Wildman–Crippen LogP) is -0.452. The Bertz CT molecular complexity index is 253. The van der Waals surface area contributed by atoms with Crippen molar-refractivity contribution >= 4 is 11.8 Å². The van der Waals surface area contributed by atoms with Crippen molar-refractivity contribution in [2.45, 2.75) is 12.8 Å². The molecule has 2 amide bonds. The molecule has 0 aromatic rings. The lowest BCUT2D eigenvalue weighted by atomic mass is 10.4. The third kappa shape index (κ3) is 2.26. The van der Waals surface area contributed by atoms with Gasteiger partial charge >= 0.3 is 0 Å². The van der Waals surface area contributed by atoms with Crippen LogP contribution in [-0.4, -0.2) is 41.9 Å². The molecule has 5 nitrogen and oxygen atoms in total. The number of hydrogen-bond donors (Lipinski definition) is 0. The second-order valence-electron chi connectivity index (χ2n) is 3.03. The highest BCUT2D eigenvalue weighted by Gasteiger charge is 2.29. The molecule has 13 heavy (non-hydrogen) atoms. The molecule has 70 valence electrons. The smallest absolute Gasteiger partial charge is 0.230 e. The number of carbonyl (C=O) groups excluding carboxylic acids is 2. The lowest BCUT2D eigenvalue weighted by Gasteiger charge is -2.19. The fourth-order valence-corrected chi connectivity index (χ4v) is 1.19. The topological polar surface area (TPSA) is 64.4 Å². The number of amides is 2. The Hall–Kier alpha value is -1.41. The van der Waals surface area contributed by atoms with Gasteiger partial charge in [-0.15, -0.1) is 0 Å². The summed E-state index contributed by atoms with van der Waals surface area (Å²) in [4.78, 5) is 25.1. The predicted molar refractivity (Wildman–Crippen MR) is 44.2 cm³/mol. The van der Waals surface area contributed by atoms with Crippen LogP contribution in [0.5, 0.6) is 0 Å². The highest BCUT2D eigenvalue weighted by molar-refractivity contribution is 6.01. The Labute approximate surface area is 76.5 Å². The zero-order valence-electron chi connectivity index (χ0n) is 7.49. The Morgan fingerprint density at radius 3 is 2.46 bits per heavy atom. The Kier molecular flexibility index (Phi) is 2.98. The summed E-state index contributed by atoms with van der Waals surface area (Å²) >= 11 is 0. The van der Waals surface area contributed by atoms with Crippen LogP contribution in [0.4, 0.5) is 0 Å². The molecular weight excluding hydrogens is 170 g/mol. The van der Waals surface area contributed by atoms with Crippen LogP contribution < -0.4 is 0 Å². The van der Waals surface area contributed by atoms with E-state index in [1.165, 1.54) is 4.90 Å². The second kappa shape index (κ2) is 4.01. The van der Waals surface area contributed by atoms with Crippen molar-refractivity contribution < 1.29 is 9.59 Å². The van der Waals surface area contributed by atoms with Crippen LogP contribution >= 0.6 is 0 Å². The Balaban J connectivity index is 2.48. The Morgan fingerprint density at radius 2 is 2.00 bits per heavy atom. The molecule has 1 saturated heterocycles. The molecule has 0 radical (unpaired) electrons. The van der Waals surface area contributed by atoms with E-state index in [0.29, 0.717) is 12.8 Å². The number of nitriles is 1. The molecule has 5 heteroatoms. The van der Waals surface area contributed by atoms with Gasteiger partial charge in [-0.1, -0.05) is 0 Å². The van der Waals surface area contributed by atoms with E-state index in [0.717, 1.165) is 0 Å². The molecule has 0 aliphatic carbocycles. The zero-order chi connectivity index (χ0) is 9.84. The van der Waals surface area contributed by atoms with Crippen LogP contribution in [0.2, 0.25) is 0 Å². The van der Waals surface area contributed by atoms with Gasteiger partial charge in [0, 0.05) is 12.8 Å². The minimum Gasteiger partial charge on any atom is -0.275 e. The average molecular weight is 181 g/mol. The lowest BCUT2D eigenvalue weighted by Crippen LogP contribution is -2.39. The van der Waals surface area contributed by atoms with Crippen molar-refractivity contribution in [2.24, 2.45) is 0 Å². The molecule has 0 saturated carbocycles. The van der Waals surface area contributed by atoms with E-state index in [4.69, 9.17) is 5.26 Å². The molecule has 1 aliphatic heterocycles. The molecule has 1 rings (SSSR count). The molecule has 0 atom stereocenters. The number of imide groups is 1. The van der Waals surface area contributed by atoms with Gasteiger partial charge in [0.2, 0.25) is 11.8 Å². The van der Waals surface area contributed by atoms with Gasteiger partial charge in [0.25, 0.3) is 0 Å². The first-order valence-corrected chi connectivity index (χ1v) is 4.04. The summed E-state index contributed by atoms with van der Waals surface area (Å²) in [5.74, 6) is -0.287. The monoisotopic (exact) mass is 181 g/mol. The highest BCUT2D eigenvalue weighted by atomic mass is 16.2. The molecule has 0 N–H and O–H groups in total. The fraction of sp³-hybridized carbons (Fsp3) is 0.625. The van der Waals surface area contributed by atoms with Crippen molar-refractivity contribution in [2.75, 3.05) is 20.3 Å². The van der Waals surface area contributed by atoms with Gasteiger partial charge in [0.05, 0.1) is 19.3 Å². The summed E-state index contributed by atoms with van der Waals surface area (Å²) in [6.45, 7) is 0.447. The van der Waals surface area contributed by atoms with Crippen molar-refractivity contribution in [3.05, 3.63) is 0 Å². The summed E-state index contributed by atoms with van der Waals surface area (Å²) in [5, 5.41) is 8.36. The molecule has 1 aliphatic rings. The van der Waals surface area contributed by atoms with Gasteiger partial charge in [-0.05, 0) is 7.05 Å². The summed E-state index contributed by atoms with van der Waals surface area (Å²) in [7, 11) is 1.70. The van der Waals surface area contributed by atoms with Crippen molar-refractivity contribution in [1.82, 2.24) is 9.80 Å². The van der Waals surface area contributed by atoms with E-state index < -0.39 is 0 Å². The Morgan fingerprint density at radius 1 is 1.46 bits per heavy atom. The molecule has 0 bridgehead atoms. The maximum absolute atomic E-state index is 11.1. The first kappa shape index (κ1) is 9.68. The minimum absolute atomic E-state index is 0.144. The van der Waals surface area contributed by atoms with Crippen LogP contribution in [-0.2, 0) is 9.59 Å². The standard InChI is InChI=1S/C8H11N3O2/c1-10(5-4-9)6-11-7(12)2-3-8(11)13/h2-3,5-6H2,1H3. The fourth-order valence-electron chi connectivity index (χ4n) is 1.19. The van der Waals surface area contributed by atoms with Crippen LogP contribution in [0, 0.1) is 11.3 Å². The number of nitrogens with zero attached hydrogens (tertiary/aromatic N) is 3. The summed E-state index contributed by atoms with van der Waals surface area (Å²) < 4.78 is 0. The number of hydrogen-bond acceptors (Lipinski definition) is 4. The summed E-state index contributed by atoms with van der Waals surface area (Å²) in [6.07, 6.45) is 0.610. The average Bonchev–Trinajstić information content (AvgIpc) is 2.36. The molecule has 0 aromatic heterocycles. The van der Waals surface area contributed by atoms with E-state index in [2.05, 4.69) is 0 Å². The SMILES string of the molecule is CN(CC#N)CN1C(=O)CCC1=O. The highest BCUT2D eigenvalue weighted by Crippen LogP contribution is 2.11. The van der Waals surface area contributed by atoms with Crippen LogP contribution in [0.1, 0.15) is 12.8 Å². The van der Waals surface area contributed by atoms with Gasteiger partial charge in [0.1, 0.15) is 0 Å². The molecule has 1 heterocycles. The van der Waals surface area contributed by atoms with Gasteiger partial charge in [-0.2, -0.15) is 5.26 Å². The minimum atomic E-state index is -0.144. The van der Waals surface area contributed by atoms with E-state index in [1.807, 2.05) is 6.07 Å². The van der Waals surface area contributed by atoms with Gasteiger partial charge in [-0.3, -0.25) is 19.4 Å². The van der Waals surface area contributed by atoms with E-state index in [9.17, 15) is 9.59 Å². The van der Waals surface area contributed by atoms with Crippen LogP contribution in [0.3, 0.4) is 0 Å². The summed E-state index contributed by atoms with van der Waals surface area (Å²) in [6, 6.07) is 1.95. The number of carbonyl (C=O) groups is 2. The first-order chi connectivity index (χ1) is 6.15. The number of rotatable bonds is 3. The lowest BCUT2D eigenvalue weighted by molar-refractivity contribution is -0.140. The van der Waals surface area contributed by atoms with Crippen LogP contribution in [0.15, 0.2) is 0 Å². The molecular formula is C8H11N3O2. The van der Waals surface area contributed by atoms with E-state index in [1.54, 1.807) is 11.9 Å². The van der Waals surface area contributed by atoms with Gasteiger partial charge < -0.3 is 0 Å².